The van der Waals surface area contributed by atoms with Crippen molar-refractivity contribution in [2.75, 3.05) is 24.6 Å². The molecule has 1 N–H and O–H groups in total. The van der Waals surface area contributed by atoms with Gasteiger partial charge >= 0.3 is 0 Å². The second-order valence-corrected chi connectivity index (χ2v) is 8.93. The number of hydrogen-bond donors (Lipinski definition) is 1. The number of fused-ring (bicyclic) bond motifs is 3. The Bertz CT molecular complexity index is 1130. The molecule has 1 fully saturated rings. The first kappa shape index (κ1) is 21.4. The van der Waals surface area contributed by atoms with E-state index in [4.69, 9.17) is 4.74 Å². The smallest absolute Gasteiger partial charge is 0.240 e. The molecule has 2 aliphatic rings. The van der Waals surface area contributed by atoms with Crippen molar-refractivity contribution < 1.29 is 14.3 Å². The molecule has 3 aromatic rings. The summed E-state index contributed by atoms with van der Waals surface area (Å²) in [6, 6.07) is 28.0. The number of anilines is 1. The number of nitrogens with one attached hydrogen (secondary N) is 1. The van der Waals surface area contributed by atoms with Gasteiger partial charge in [-0.3, -0.25) is 9.59 Å². The molecule has 168 valence electrons. The van der Waals surface area contributed by atoms with Crippen LogP contribution in [0.1, 0.15) is 29.0 Å². The molecule has 2 atom stereocenters. The molecule has 5 rings (SSSR count). The number of benzene rings is 3. The summed E-state index contributed by atoms with van der Waals surface area (Å²) in [5.74, 6) is 0.0142. The zero-order valence-electron chi connectivity index (χ0n) is 18.6. The van der Waals surface area contributed by atoms with Crippen molar-refractivity contribution in [1.29, 1.82) is 0 Å². The lowest BCUT2D eigenvalue weighted by Crippen LogP contribution is -2.48. The molecule has 5 heteroatoms. The Morgan fingerprint density at radius 2 is 1.61 bits per heavy atom. The van der Waals surface area contributed by atoms with E-state index in [1.54, 1.807) is 4.90 Å². The summed E-state index contributed by atoms with van der Waals surface area (Å²) in [7, 11) is 0. The predicted octanol–water partition coefficient (Wildman–Crippen LogP) is 4.08. The van der Waals surface area contributed by atoms with Crippen LogP contribution in [0.15, 0.2) is 84.9 Å². The molecule has 0 radical (unpaired) electrons. The molecule has 5 nitrogen and oxygen atoms in total. The largest absolute Gasteiger partial charge is 0.376 e. The van der Waals surface area contributed by atoms with Gasteiger partial charge in [-0.1, -0.05) is 78.9 Å². The molecular formula is C28H28N2O3. The molecular weight excluding hydrogens is 412 g/mol. The fourth-order valence-corrected chi connectivity index (χ4v) is 4.85. The van der Waals surface area contributed by atoms with Crippen LogP contribution < -0.4 is 10.2 Å². The number of nitrogens with zero attached hydrogens (tertiary/aromatic N) is 1. The average molecular weight is 441 g/mol. The molecule has 0 aromatic heterocycles. The van der Waals surface area contributed by atoms with Gasteiger partial charge in [-0.2, -0.15) is 0 Å². The highest BCUT2D eigenvalue weighted by Crippen LogP contribution is 2.65. The zero-order valence-corrected chi connectivity index (χ0v) is 18.6. The quantitative estimate of drug-likeness (QED) is 0.545. The summed E-state index contributed by atoms with van der Waals surface area (Å²) >= 11 is 0. The molecule has 1 aliphatic heterocycles. The van der Waals surface area contributed by atoms with E-state index in [0.29, 0.717) is 19.8 Å². The maximum Gasteiger partial charge on any atom is 0.240 e. The molecule has 0 bridgehead atoms. The van der Waals surface area contributed by atoms with Gasteiger partial charge < -0.3 is 15.0 Å². The fourth-order valence-electron chi connectivity index (χ4n) is 4.85. The normalized spacial score (nSPS) is 20.7. The zero-order chi connectivity index (χ0) is 22.7. The van der Waals surface area contributed by atoms with Gasteiger partial charge in [0, 0.05) is 18.2 Å². The predicted molar refractivity (Wildman–Crippen MR) is 128 cm³/mol. The number of amides is 2. The molecule has 2 amide bonds. The molecule has 3 aromatic carbocycles. The SMILES string of the molecule is O=C(CN1C(=O)[C@@]2(COCc3ccccc3)C[C@H]2c2ccccc21)NCCc1ccccc1. The number of carbonyl (C=O) groups is 2. The fraction of sp³-hybridized carbons (Fsp3) is 0.286. The Kier molecular flexibility index (Phi) is 5.97. The second-order valence-electron chi connectivity index (χ2n) is 8.93. The third kappa shape index (κ3) is 4.41. The molecule has 0 spiro atoms. The standard InChI is InChI=1S/C28H28N2O3/c31-26(29-16-15-21-9-3-1-4-10-21)18-30-25-14-8-7-13-23(25)24-17-28(24,27(30)32)20-33-19-22-11-5-2-6-12-22/h1-14,24H,15-20H2,(H,29,31)/t24-,28+/m0/s1. The van der Waals surface area contributed by atoms with Crippen LogP contribution in [-0.4, -0.2) is 31.5 Å². The van der Waals surface area contributed by atoms with Crippen LogP contribution in [0.5, 0.6) is 0 Å². The number of ether oxygens (including phenoxy) is 1. The van der Waals surface area contributed by atoms with Gasteiger partial charge in [-0.15, -0.1) is 0 Å². The topological polar surface area (TPSA) is 58.6 Å². The van der Waals surface area contributed by atoms with Crippen molar-refractivity contribution in [3.63, 3.8) is 0 Å². The van der Waals surface area contributed by atoms with Gasteiger partial charge in [-0.25, -0.2) is 0 Å². The van der Waals surface area contributed by atoms with Gasteiger partial charge in [0.25, 0.3) is 0 Å². The van der Waals surface area contributed by atoms with Crippen molar-refractivity contribution in [3.8, 4) is 0 Å². The number of rotatable bonds is 9. The third-order valence-corrected chi connectivity index (χ3v) is 6.70. The minimum Gasteiger partial charge on any atom is -0.376 e. The van der Waals surface area contributed by atoms with Crippen LogP contribution in [0.25, 0.3) is 0 Å². The molecule has 1 aliphatic carbocycles. The molecule has 0 saturated heterocycles. The van der Waals surface area contributed by atoms with Crippen LogP contribution in [0.4, 0.5) is 5.69 Å². The Labute approximate surface area is 194 Å². The lowest BCUT2D eigenvalue weighted by molar-refractivity contribution is -0.129. The first-order chi connectivity index (χ1) is 16.2. The maximum atomic E-state index is 13.6. The van der Waals surface area contributed by atoms with Crippen molar-refractivity contribution in [3.05, 3.63) is 102 Å². The maximum absolute atomic E-state index is 13.6. The first-order valence-electron chi connectivity index (χ1n) is 11.5. The Balaban J connectivity index is 1.25. The second kappa shape index (κ2) is 9.20. The minimum atomic E-state index is -0.562. The summed E-state index contributed by atoms with van der Waals surface area (Å²) in [6.45, 7) is 1.41. The van der Waals surface area contributed by atoms with Crippen molar-refractivity contribution in [2.24, 2.45) is 5.41 Å². The van der Waals surface area contributed by atoms with Crippen molar-refractivity contribution >= 4 is 17.5 Å². The summed E-state index contributed by atoms with van der Waals surface area (Å²) in [6.07, 6.45) is 1.53. The van der Waals surface area contributed by atoms with Crippen molar-refractivity contribution in [2.45, 2.75) is 25.4 Å². The summed E-state index contributed by atoms with van der Waals surface area (Å²) in [5.41, 5.74) is 3.68. The van der Waals surface area contributed by atoms with E-state index in [1.165, 1.54) is 5.56 Å². The monoisotopic (exact) mass is 440 g/mol. The van der Waals surface area contributed by atoms with Gasteiger partial charge in [-0.05, 0) is 35.6 Å². The Morgan fingerprint density at radius 3 is 2.36 bits per heavy atom. The van der Waals surface area contributed by atoms with E-state index in [1.807, 2.05) is 78.9 Å². The average Bonchev–Trinajstić information content (AvgIpc) is 3.59. The van der Waals surface area contributed by atoms with Crippen molar-refractivity contribution in [1.82, 2.24) is 5.32 Å². The lowest BCUT2D eigenvalue weighted by atomic mass is 9.92. The number of para-hydroxylation sites is 1. The summed E-state index contributed by atoms with van der Waals surface area (Å²) in [5, 5.41) is 2.97. The minimum absolute atomic E-state index is 0.00234. The number of hydrogen-bond acceptors (Lipinski definition) is 3. The van der Waals surface area contributed by atoms with E-state index < -0.39 is 5.41 Å². The van der Waals surface area contributed by atoms with Crippen LogP contribution in [0, 0.1) is 5.41 Å². The Morgan fingerprint density at radius 1 is 0.939 bits per heavy atom. The molecule has 1 saturated carbocycles. The summed E-state index contributed by atoms with van der Waals surface area (Å²) < 4.78 is 6.01. The third-order valence-electron chi connectivity index (χ3n) is 6.70. The van der Waals surface area contributed by atoms with Gasteiger partial charge in [0.15, 0.2) is 0 Å². The van der Waals surface area contributed by atoms with E-state index in [2.05, 4.69) is 11.4 Å². The van der Waals surface area contributed by atoms with Crippen LogP contribution in [0.2, 0.25) is 0 Å². The first-order valence-corrected chi connectivity index (χ1v) is 11.5. The van der Waals surface area contributed by atoms with Crippen LogP contribution in [-0.2, 0) is 27.4 Å². The van der Waals surface area contributed by atoms with E-state index >= 15 is 0 Å². The highest BCUT2D eigenvalue weighted by Gasteiger charge is 2.65. The highest BCUT2D eigenvalue weighted by atomic mass is 16.5. The molecule has 33 heavy (non-hydrogen) atoms. The van der Waals surface area contributed by atoms with E-state index in [-0.39, 0.29) is 24.3 Å². The van der Waals surface area contributed by atoms with Gasteiger partial charge in [0.2, 0.25) is 11.8 Å². The van der Waals surface area contributed by atoms with E-state index in [0.717, 1.165) is 29.7 Å². The molecule has 0 unspecified atom stereocenters. The highest BCUT2D eigenvalue weighted by molar-refractivity contribution is 6.07. The van der Waals surface area contributed by atoms with E-state index in [9.17, 15) is 9.59 Å². The van der Waals surface area contributed by atoms with Gasteiger partial charge in [0.1, 0.15) is 6.54 Å². The van der Waals surface area contributed by atoms with Gasteiger partial charge in [0.05, 0.1) is 18.6 Å². The van der Waals surface area contributed by atoms with Crippen LogP contribution in [0.3, 0.4) is 0 Å². The lowest BCUT2D eigenvalue weighted by Gasteiger charge is -2.33. The Hall–Kier alpha value is -3.44. The summed E-state index contributed by atoms with van der Waals surface area (Å²) in [4.78, 5) is 28.0. The van der Waals surface area contributed by atoms with Crippen LogP contribution >= 0.6 is 0 Å². The number of carbonyl (C=O) groups excluding carboxylic acids is 2. The molecule has 1 heterocycles.